The van der Waals surface area contributed by atoms with Crippen molar-refractivity contribution in [3.63, 3.8) is 0 Å². The predicted molar refractivity (Wildman–Crippen MR) is 83.8 cm³/mol. The second kappa shape index (κ2) is 7.44. The molecule has 3 nitrogen and oxygen atoms in total. The van der Waals surface area contributed by atoms with Crippen LogP contribution in [0.3, 0.4) is 0 Å². The van der Waals surface area contributed by atoms with Gasteiger partial charge in [-0.3, -0.25) is 0 Å². The maximum absolute atomic E-state index is 9.56. The van der Waals surface area contributed by atoms with E-state index in [1.165, 1.54) is 38.9 Å². The van der Waals surface area contributed by atoms with Crippen molar-refractivity contribution >= 4 is 6.08 Å². The molecule has 110 valence electrons. The summed E-state index contributed by atoms with van der Waals surface area (Å²) in [5, 5.41) is 9.56. The maximum Gasteiger partial charge on any atom is 0.141 e. The zero-order valence-corrected chi connectivity index (χ0v) is 12.5. The van der Waals surface area contributed by atoms with E-state index in [-0.39, 0.29) is 5.75 Å². The molecule has 1 aromatic heterocycles. The molecule has 0 unspecified atom stereocenters. The quantitative estimate of drug-likeness (QED) is 0.807. The summed E-state index contributed by atoms with van der Waals surface area (Å²) in [5.41, 5.74) is 1.64. The van der Waals surface area contributed by atoms with Crippen LogP contribution in [0.2, 0.25) is 0 Å². The van der Waals surface area contributed by atoms with Crippen molar-refractivity contribution in [3.8, 4) is 5.75 Å². The summed E-state index contributed by atoms with van der Waals surface area (Å²) in [6, 6.07) is 3.62. The van der Waals surface area contributed by atoms with Crippen molar-refractivity contribution in [1.29, 1.82) is 0 Å². The molecule has 1 aliphatic heterocycles. The number of hydrogen-bond donors (Lipinski definition) is 1. The Morgan fingerprint density at radius 1 is 1.35 bits per heavy atom. The van der Waals surface area contributed by atoms with Crippen molar-refractivity contribution in [2.24, 2.45) is 5.92 Å². The normalized spacial score (nSPS) is 17.2. The number of pyridine rings is 1. The lowest BCUT2D eigenvalue weighted by Gasteiger charge is -2.30. The van der Waals surface area contributed by atoms with Crippen LogP contribution in [-0.4, -0.2) is 34.6 Å². The first kappa shape index (κ1) is 15.0. The maximum atomic E-state index is 9.56. The van der Waals surface area contributed by atoms with E-state index in [2.05, 4.69) is 23.4 Å². The van der Waals surface area contributed by atoms with Crippen molar-refractivity contribution in [1.82, 2.24) is 9.88 Å². The summed E-state index contributed by atoms with van der Waals surface area (Å²) in [6.45, 7) is 9.75. The molecule has 3 heteroatoms. The van der Waals surface area contributed by atoms with E-state index in [4.69, 9.17) is 0 Å². The highest BCUT2D eigenvalue weighted by Gasteiger charge is 2.14. The standard InChI is InChI=1S/C17H26N2O/c1-3-16-17(20)8-7-15(18-16)6-4-5-11-19-12-9-14(2)10-13-19/h3,7-8,14,20H,1,4-6,9-13H2,2H3. The molecule has 0 radical (unpaired) electrons. The number of hydrogen-bond acceptors (Lipinski definition) is 3. The smallest absolute Gasteiger partial charge is 0.141 e. The van der Waals surface area contributed by atoms with Crippen molar-refractivity contribution in [2.45, 2.75) is 39.0 Å². The molecule has 0 saturated carbocycles. The highest BCUT2D eigenvalue weighted by molar-refractivity contribution is 5.50. The van der Waals surface area contributed by atoms with Gasteiger partial charge in [-0.2, -0.15) is 0 Å². The predicted octanol–water partition coefficient (Wildman–Crippen LogP) is 3.48. The van der Waals surface area contributed by atoms with Gasteiger partial charge < -0.3 is 10.0 Å². The number of rotatable bonds is 6. The SMILES string of the molecule is C=Cc1nc(CCCCN2CCC(C)CC2)ccc1O. The Balaban J connectivity index is 1.69. The van der Waals surface area contributed by atoms with Crippen LogP contribution in [0.15, 0.2) is 18.7 Å². The summed E-state index contributed by atoms with van der Waals surface area (Å²) < 4.78 is 0. The van der Waals surface area contributed by atoms with Crippen LogP contribution in [0.1, 0.15) is 44.0 Å². The molecule has 20 heavy (non-hydrogen) atoms. The van der Waals surface area contributed by atoms with E-state index in [9.17, 15) is 5.11 Å². The molecule has 0 aromatic carbocycles. The Labute approximate surface area is 122 Å². The Hall–Kier alpha value is -1.35. The molecule has 1 saturated heterocycles. The first-order valence-corrected chi connectivity index (χ1v) is 7.72. The van der Waals surface area contributed by atoms with Gasteiger partial charge in [-0.1, -0.05) is 13.5 Å². The number of piperidine rings is 1. The summed E-state index contributed by atoms with van der Waals surface area (Å²) in [5.74, 6) is 1.12. The van der Waals surface area contributed by atoms with Crippen LogP contribution in [-0.2, 0) is 6.42 Å². The third-order valence-corrected chi connectivity index (χ3v) is 4.19. The lowest BCUT2D eigenvalue weighted by Crippen LogP contribution is -2.33. The fourth-order valence-electron chi connectivity index (χ4n) is 2.73. The number of likely N-dealkylation sites (tertiary alicyclic amines) is 1. The van der Waals surface area contributed by atoms with Crippen LogP contribution >= 0.6 is 0 Å². The van der Waals surface area contributed by atoms with Gasteiger partial charge in [-0.25, -0.2) is 4.98 Å². The van der Waals surface area contributed by atoms with Gasteiger partial charge >= 0.3 is 0 Å². The molecule has 1 aliphatic rings. The number of aromatic hydroxyl groups is 1. The Kier molecular flexibility index (Phi) is 5.60. The lowest BCUT2D eigenvalue weighted by molar-refractivity contribution is 0.189. The number of nitrogens with zero attached hydrogens (tertiary/aromatic N) is 2. The molecule has 0 amide bonds. The number of unbranched alkanes of at least 4 members (excludes halogenated alkanes) is 1. The van der Waals surface area contributed by atoms with Crippen molar-refractivity contribution in [2.75, 3.05) is 19.6 Å². The van der Waals surface area contributed by atoms with Crippen molar-refractivity contribution in [3.05, 3.63) is 30.1 Å². The number of aryl methyl sites for hydroxylation is 1. The summed E-state index contributed by atoms with van der Waals surface area (Å²) in [6.07, 6.45) is 7.66. The van der Waals surface area contributed by atoms with Crippen LogP contribution in [0.25, 0.3) is 6.08 Å². The van der Waals surface area contributed by atoms with Gasteiger partial charge in [0.25, 0.3) is 0 Å². The van der Waals surface area contributed by atoms with Crippen LogP contribution in [0, 0.1) is 5.92 Å². The molecular weight excluding hydrogens is 248 g/mol. The van der Waals surface area contributed by atoms with Crippen LogP contribution in [0.4, 0.5) is 0 Å². The average molecular weight is 274 g/mol. The van der Waals surface area contributed by atoms with Gasteiger partial charge in [0.05, 0.1) is 0 Å². The monoisotopic (exact) mass is 274 g/mol. The first-order chi connectivity index (χ1) is 9.69. The first-order valence-electron chi connectivity index (χ1n) is 7.72. The van der Waals surface area contributed by atoms with Gasteiger partial charge in [-0.05, 0) is 75.9 Å². The third kappa shape index (κ3) is 4.34. The van der Waals surface area contributed by atoms with E-state index in [1.807, 2.05) is 6.07 Å². The summed E-state index contributed by atoms with van der Waals surface area (Å²) in [4.78, 5) is 6.99. The zero-order valence-electron chi connectivity index (χ0n) is 12.5. The second-order valence-corrected chi connectivity index (χ2v) is 5.89. The fourth-order valence-corrected chi connectivity index (χ4v) is 2.73. The summed E-state index contributed by atoms with van der Waals surface area (Å²) >= 11 is 0. The highest BCUT2D eigenvalue weighted by Crippen LogP contribution is 2.18. The van der Waals surface area contributed by atoms with E-state index in [1.54, 1.807) is 12.1 Å². The average Bonchev–Trinajstić information content (AvgIpc) is 2.47. The Morgan fingerprint density at radius 2 is 2.10 bits per heavy atom. The van der Waals surface area contributed by atoms with E-state index < -0.39 is 0 Å². The van der Waals surface area contributed by atoms with E-state index >= 15 is 0 Å². The molecule has 0 bridgehead atoms. The minimum Gasteiger partial charge on any atom is -0.506 e. The number of aromatic nitrogens is 1. The molecule has 0 aliphatic carbocycles. The molecule has 1 fully saturated rings. The van der Waals surface area contributed by atoms with Crippen LogP contribution in [0.5, 0.6) is 5.75 Å². The molecule has 2 heterocycles. The Morgan fingerprint density at radius 3 is 2.80 bits per heavy atom. The molecular formula is C17H26N2O. The van der Waals surface area contributed by atoms with Crippen molar-refractivity contribution < 1.29 is 5.11 Å². The Bertz CT molecular complexity index is 437. The van der Waals surface area contributed by atoms with Gasteiger partial charge in [-0.15, -0.1) is 0 Å². The van der Waals surface area contributed by atoms with Gasteiger partial charge in [0.1, 0.15) is 11.4 Å². The third-order valence-electron chi connectivity index (χ3n) is 4.19. The molecule has 0 atom stereocenters. The highest BCUT2D eigenvalue weighted by atomic mass is 16.3. The molecule has 0 spiro atoms. The van der Waals surface area contributed by atoms with Gasteiger partial charge in [0, 0.05) is 5.69 Å². The zero-order chi connectivity index (χ0) is 14.4. The minimum atomic E-state index is 0.214. The van der Waals surface area contributed by atoms with Crippen LogP contribution < -0.4 is 0 Å². The van der Waals surface area contributed by atoms with Gasteiger partial charge in [0.15, 0.2) is 0 Å². The molecule has 1 N–H and O–H groups in total. The van der Waals surface area contributed by atoms with E-state index in [0.29, 0.717) is 5.69 Å². The topological polar surface area (TPSA) is 36.4 Å². The summed E-state index contributed by atoms with van der Waals surface area (Å²) in [7, 11) is 0. The van der Waals surface area contributed by atoms with E-state index in [0.717, 1.165) is 24.5 Å². The lowest BCUT2D eigenvalue weighted by atomic mass is 9.99. The largest absolute Gasteiger partial charge is 0.506 e. The fraction of sp³-hybridized carbons (Fsp3) is 0.588. The molecule has 2 rings (SSSR count). The minimum absolute atomic E-state index is 0.214. The molecule has 1 aromatic rings. The van der Waals surface area contributed by atoms with Gasteiger partial charge in [0.2, 0.25) is 0 Å². The second-order valence-electron chi connectivity index (χ2n) is 5.89.